The zero-order valence-electron chi connectivity index (χ0n) is 8.61. The van der Waals surface area contributed by atoms with Gasteiger partial charge < -0.3 is 4.74 Å². The Bertz CT molecular complexity index is 96.2. The number of hydrogen-bond donors (Lipinski definition) is 0. The predicted molar refractivity (Wildman–Crippen MR) is 53.7 cm³/mol. The average Bonchev–Trinajstić information content (AvgIpc) is 1.87. The molecule has 1 nitrogen and oxygen atoms in total. The summed E-state index contributed by atoms with van der Waals surface area (Å²) in [5.41, 5.74) is 0.558. The van der Waals surface area contributed by atoms with Gasteiger partial charge in [-0.1, -0.05) is 33.5 Å². The van der Waals surface area contributed by atoms with Crippen LogP contribution in [0.4, 0.5) is 0 Å². The standard InChI is InChI=1S/C9H22OSi/c1-6-8-10-9(7-2)11(3,4)5/h9H,6-8H2,1-5H3. The molecule has 0 aliphatic rings. The number of hydrogen-bond acceptors (Lipinski definition) is 1. The molecule has 0 amide bonds. The van der Waals surface area contributed by atoms with Crippen LogP contribution in [0.2, 0.25) is 19.6 Å². The molecule has 1 atom stereocenters. The second-order valence-electron chi connectivity index (χ2n) is 4.13. The van der Waals surface area contributed by atoms with Crippen molar-refractivity contribution >= 4 is 8.07 Å². The van der Waals surface area contributed by atoms with Crippen molar-refractivity contribution in [2.45, 2.75) is 52.1 Å². The van der Waals surface area contributed by atoms with Crippen LogP contribution in [0.3, 0.4) is 0 Å². The molecular weight excluding hydrogens is 152 g/mol. The Labute approximate surface area is 72.2 Å². The Morgan fingerprint density at radius 3 is 2.00 bits per heavy atom. The smallest absolute Gasteiger partial charge is 0.0785 e. The lowest BCUT2D eigenvalue weighted by molar-refractivity contribution is 0.0977. The van der Waals surface area contributed by atoms with Crippen LogP contribution in [0.1, 0.15) is 26.7 Å². The third kappa shape index (κ3) is 4.59. The SMILES string of the molecule is CCCOC(CC)[Si](C)(C)C. The molecule has 0 spiro atoms. The summed E-state index contributed by atoms with van der Waals surface area (Å²) in [4.78, 5) is 0. The van der Waals surface area contributed by atoms with Gasteiger partial charge in [-0.25, -0.2) is 0 Å². The predicted octanol–water partition coefficient (Wildman–Crippen LogP) is 3.07. The lowest BCUT2D eigenvalue weighted by atomic mass is 10.5. The third-order valence-corrected chi connectivity index (χ3v) is 4.37. The summed E-state index contributed by atoms with van der Waals surface area (Å²) in [6.07, 6.45) is 2.32. The maximum absolute atomic E-state index is 5.77. The minimum atomic E-state index is -1.05. The van der Waals surface area contributed by atoms with Crippen molar-refractivity contribution in [2.24, 2.45) is 0 Å². The Morgan fingerprint density at radius 1 is 1.18 bits per heavy atom. The van der Waals surface area contributed by atoms with Gasteiger partial charge in [-0.3, -0.25) is 0 Å². The maximum atomic E-state index is 5.77. The van der Waals surface area contributed by atoms with E-state index in [1.807, 2.05) is 0 Å². The first kappa shape index (κ1) is 11.2. The highest BCUT2D eigenvalue weighted by atomic mass is 28.3. The maximum Gasteiger partial charge on any atom is 0.0785 e. The third-order valence-electron chi connectivity index (χ3n) is 1.86. The normalized spacial score (nSPS) is 15.0. The van der Waals surface area contributed by atoms with Gasteiger partial charge in [0.15, 0.2) is 0 Å². The summed E-state index contributed by atoms with van der Waals surface area (Å²) < 4.78 is 5.77. The zero-order chi connectivity index (χ0) is 8.91. The van der Waals surface area contributed by atoms with E-state index < -0.39 is 8.07 Å². The van der Waals surface area contributed by atoms with Gasteiger partial charge in [0.05, 0.1) is 8.07 Å². The fourth-order valence-electron chi connectivity index (χ4n) is 1.24. The van der Waals surface area contributed by atoms with E-state index in [2.05, 4.69) is 33.5 Å². The van der Waals surface area contributed by atoms with Crippen LogP contribution in [-0.2, 0) is 4.74 Å². The van der Waals surface area contributed by atoms with E-state index in [1.165, 1.54) is 6.42 Å². The van der Waals surface area contributed by atoms with Gasteiger partial charge in [-0.05, 0) is 12.8 Å². The second-order valence-corrected chi connectivity index (χ2v) is 9.51. The highest BCUT2D eigenvalue weighted by molar-refractivity contribution is 6.77. The molecule has 0 radical (unpaired) electrons. The molecule has 0 bridgehead atoms. The summed E-state index contributed by atoms with van der Waals surface area (Å²) in [5, 5.41) is 0. The quantitative estimate of drug-likeness (QED) is 0.582. The van der Waals surface area contributed by atoms with Gasteiger partial charge in [0, 0.05) is 12.3 Å². The molecule has 0 rings (SSSR count). The Kier molecular flexibility index (Phi) is 5.02. The van der Waals surface area contributed by atoms with E-state index in [-0.39, 0.29) is 0 Å². The molecule has 0 aliphatic carbocycles. The van der Waals surface area contributed by atoms with E-state index in [0.717, 1.165) is 13.0 Å². The molecular formula is C9H22OSi. The van der Waals surface area contributed by atoms with E-state index in [0.29, 0.717) is 5.73 Å². The van der Waals surface area contributed by atoms with Crippen molar-refractivity contribution in [2.75, 3.05) is 6.61 Å². The lowest BCUT2D eigenvalue weighted by Gasteiger charge is -2.27. The summed E-state index contributed by atoms with van der Waals surface area (Å²) >= 11 is 0. The van der Waals surface area contributed by atoms with Gasteiger partial charge in [0.2, 0.25) is 0 Å². The molecule has 0 aliphatic heterocycles. The first-order valence-corrected chi connectivity index (χ1v) is 8.21. The Balaban J connectivity index is 3.76. The number of rotatable bonds is 5. The highest BCUT2D eigenvalue weighted by Gasteiger charge is 2.25. The molecule has 2 heteroatoms. The monoisotopic (exact) mass is 174 g/mol. The van der Waals surface area contributed by atoms with Crippen molar-refractivity contribution in [1.82, 2.24) is 0 Å². The van der Waals surface area contributed by atoms with Gasteiger partial charge in [-0.15, -0.1) is 0 Å². The van der Waals surface area contributed by atoms with Crippen LogP contribution >= 0.6 is 0 Å². The Hall–Kier alpha value is 0.177. The van der Waals surface area contributed by atoms with Crippen molar-refractivity contribution in [3.63, 3.8) is 0 Å². The summed E-state index contributed by atoms with van der Waals surface area (Å²) in [5.74, 6) is 0. The van der Waals surface area contributed by atoms with Gasteiger partial charge in [-0.2, -0.15) is 0 Å². The minimum Gasteiger partial charge on any atom is -0.382 e. The molecule has 0 aromatic heterocycles. The molecule has 0 heterocycles. The van der Waals surface area contributed by atoms with E-state index >= 15 is 0 Å². The molecule has 0 saturated carbocycles. The largest absolute Gasteiger partial charge is 0.382 e. The van der Waals surface area contributed by atoms with Crippen molar-refractivity contribution < 1.29 is 4.74 Å². The van der Waals surface area contributed by atoms with Crippen LogP contribution in [0.15, 0.2) is 0 Å². The molecule has 11 heavy (non-hydrogen) atoms. The van der Waals surface area contributed by atoms with Gasteiger partial charge >= 0.3 is 0 Å². The molecule has 0 aromatic rings. The highest BCUT2D eigenvalue weighted by Crippen LogP contribution is 2.14. The molecule has 0 saturated heterocycles. The average molecular weight is 174 g/mol. The summed E-state index contributed by atoms with van der Waals surface area (Å²) in [6.45, 7) is 12.4. The summed E-state index contributed by atoms with van der Waals surface area (Å²) in [7, 11) is -1.05. The summed E-state index contributed by atoms with van der Waals surface area (Å²) in [6, 6.07) is 0. The molecule has 1 unspecified atom stereocenters. The van der Waals surface area contributed by atoms with Crippen molar-refractivity contribution in [3.8, 4) is 0 Å². The van der Waals surface area contributed by atoms with Gasteiger partial charge in [0.1, 0.15) is 0 Å². The van der Waals surface area contributed by atoms with E-state index in [9.17, 15) is 0 Å². The molecule has 0 fully saturated rings. The van der Waals surface area contributed by atoms with Crippen LogP contribution in [-0.4, -0.2) is 20.4 Å². The van der Waals surface area contributed by atoms with Crippen molar-refractivity contribution in [1.29, 1.82) is 0 Å². The Morgan fingerprint density at radius 2 is 1.73 bits per heavy atom. The number of ether oxygens (including phenoxy) is 1. The van der Waals surface area contributed by atoms with E-state index in [4.69, 9.17) is 4.74 Å². The van der Waals surface area contributed by atoms with Crippen LogP contribution in [0.5, 0.6) is 0 Å². The first-order valence-electron chi connectivity index (χ1n) is 4.64. The topological polar surface area (TPSA) is 9.23 Å². The van der Waals surface area contributed by atoms with Crippen LogP contribution < -0.4 is 0 Å². The van der Waals surface area contributed by atoms with Crippen LogP contribution in [0.25, 0.3) is 0 Å². The van der Waals surface area contributed by atoms with Crippen LogP contribution in [0, 0.1) is 0 Å². The molecule has 0 N–H and O–H groups in total. The molecule has 0 aromatic carbocycles. The minimum absolute atomic E-state index is 0.558. The van der Waals surface area contributed by atoms with E-state index in [1.54, 1.807) is 0 Å². The first-order chi connectivity index (χ1) is 5.02. The zero-order valence-corrected chi connectivity index (χ0v) is 9.61. The second kappa shape index (κ2) is 4.94. The fraction of sp³-hybridized carbons (Fsp3) is 1.00. The fourth-order valence-corrected chi connectivity index (χ4v) is 3.08. The van der Waals surface area contributed by atoms with Gasteiger partial charge in [0.25, 0.3) is 0 Å². The lowest BCUT2D eigenvalue weighted by Crippen LogP contribution is -2.40. The molecule has 68 valence electrons. The van der Waals surface area contributed by atoms with Crippen molar-refractivity contribution in [3.05, 3.63) is 0 Å².